The molecule has 0 radical (unpaired) electrons. The summed E-state index contributed by atoms with van der Waals surface area (Å²) in [7, 11) is 0. The SMILES string of the molecule is CCCOc1cc(C)c(Cl)c(C)c1CN1CCNCC1. The lowest BCUT2D eigenvalue weighted by atomic mass is 10.0. The Morgan fingerprint density at radius 3 is 2.65 bits per heavy atom. The molecule has 0 aromatic heterocycles. The molecule has 2 rings (SSSR count). The second-order valence-electron chi connectivity index (χ2n) is 5.48. The molecule has 0 amide bonds. The second-order valence-corrected chi connectivity index (χ2v) is 5.86. The molecule has 4 heteroatoms. The molecule has 0 spiro atoms. The third-order valence-electron chi connectivity index (χ3n) is 3.83. The van der Waals surface area contributed by atoms with Gasteiger partial charge >= 0.3 is 0 Å². The normalized spacial score (nSPS) is 16.4. The number of hydrogen-bond donors (Lipinski definition) is 1. The molecular weight excluding hydrogens is 272 g/mol. The Hall–Kier alpha value is -0.770. The van der Waals surface area contributed by atoms with E-state index in [1.165, 1.54) is 5.56 Å². The van der Waals surface area contributed by atoms with Crippen LogP contribution in [0.1, 0.15) is 30.0 Å². The zero-order valence-corrected chi connectivity index (χ0v) is 13.5. The van der Waals surface area contributed by atoms with E-state index in [1.807, 2.05) is 6.92 Å². The number of aryl methyl sites for hydroxylation is 1. The molecule has 1 aromatic rings. The zero-order chi connectivity index (χ0) is 14.5. The van der Waals surface area contributed by atoms with Crippen LogP contribution >= 0.6 is 11.6 Å². The number of nitrogens with zero attached hydrogens (tertiary/aromatic N) is 1. The first-order chi connectivity index (χ1) is 9.63. The van der Waals surface area contributed by atoms with Crippen molar-refractivity contribution in [3.8, 4) is 5.75 Å². The van der Waals surface area contributed by atoms with Crippen LogP contribution in [0.25, 0.3) is 0 Å². The van der Waals surface area contributed by atoms with E-state index in [0.717, 1.165) is 67.7 Å². The third kappa shape index (κ3) is 3.66. The highest BCUT2D eigenvalue weighted by atomic mass is 35.5. The fourth-order valence-corrected chi connectivity index (χ4v) is 2.76. The van der Waals surface area contributed by atoms with Crippen LogP contribution in [0.15, 0.2) is 6.07 Å². The molecule has 1 aromatic carbocycles. The van der Waals surface area contributed by atoms with Crippen LogP contribution in [0.4, 0.5) is 0 Å². The smallest absolute Gasteiger partial charge is 0.124 e. The molecule has 20 heavy (non-hydrogen) atoms. The topological polar surface area (TPSA) is 24.5 Å². The van der Waals surface area contributed by atoms with Crippen molar-refractivity contribution in [1.29, 1.82) is 0 Å². The molecule has 1 heterocycles. The Labute approximate surface area is 127 Å². The quantitative estimate of drug-likeness (QED) is 0.903. The molecule has 112 valence electrons. The number of rotatable bonds is 5. The molecular formula is C16H25ClN2O. The highest BCUT2D eigenvalue weighted by Crippen LogP contribution is 2.32. The fraction of sp³-hybridized carbons (Fsp3) is 0.625. The predicted molar refractivity (Wildman–Crippen MR) is 84.9 cm³/mol. The van der Waals surface area contributed by atoms with Gasteiger partial charge in [0.15, 0.2) is 0 Å². The highest BCUT2D eigenvalue weighted by Gasteiger charge is 2.17. The van der Waals surface area contributed by atoms with Crippen molar-refractivity contribution in [1.82, 2.24) is 10.2 Å². The molecule has 0 atom stereocenters. The maximum atomic E-state index is 6.42. The standard InChI is InChI=1S/C16H25ClN2O/c1-4-9-20-15-10-12(2)16(17)13(3)14(15)11-19-7-5-18-6-8-19/h10,18H,4-9,11H2,1-3H3. The summed E-state index contributed by atoms with van der Waals surface area (Å²) in [5.41, 5.74) is 3.51. The van der Waals surface area contributed by atoms with Crippen molar-refractivity contribution >= 4 is 11.6 Å². The van der Waals surface area contributed by atoms with Gasteiger partial charge in [-0.25, -0.2) is 0 Å². The first kappa shape index (κ1) is 15.6. The maximum absolute atomic E-state index is 6.42. The number of halogens is 1. The number of benzene rings is 1. The minimum Gasteiger partial charge on any atom is -0.493 e. The molecule has 1 fully saturated rings. The lowest BCUT2D eigenvalue weighted by Gasteiger charge is -2.29. The van der Waals surface area contributed by atoms with Crippen molar-refractivity contribution in [3.63, 3.8) is 0 Å². The van der Waals surface area contributed by atoms with Gasteiger partial charge in [0, 0.05) is 43.3 Å². The van der Waals surface area contributed by atoms with Crippen molar-refractivity contribution in [3.05, 3.63) is 27.8 Å². The molecule has 1 aliphatic rings. The minimum atomic E-state index is 0.759. The van der Waals surface area contributed by atoms with Gasteiger partial charge in [-0.05, 0) is 37.5 Å². The summed E-state index contributed by atoms with van der Waals surface area (Å²) in [6.45, 7) is 12.2. The van der Waals surface area contributed by atoms with Crippen LogP contribution in [-0.4, -0.2) is 37.7 Å². The average Bonchev–Trinajstić information content (AvgIpc) is 2.47. The third-order valence-corrected chi connectivity index (χ3v) is 4.41. The molecule has 1 saturated heterocycles. The first-order valence-corrected chi connectivity index (χ1v) is 7.85. The second kappa shape index (κ2) is 7.30. The van der Waals surface area contributed by atoms with Crippen LogP contribution < -0.4 is 10.1 Å². The monoisotopic (exact) mass is 296 g/mol. The average molecular weight is 297 g/mol. The Morgan fingerprint density at radius 1 is 1.30 bits per heavy atom. The van der Waals surface area contributed by atoms with Gasteiger partial charge in [-0.1, -0.05) is 18.5 Å². The van der Waals surface area contributed by atoms with Gasteiger partial charge in [-0.15, -0.1) is 0 Å². The molecule has 1 aliphatic heterocycles. The summed E-state index contributed by atoms with van der Waals surface area (Å²) < 4.78 is 5.94. The molecule has 1 N–H and O–H groups in total. The van der Waals surface area contributed by atoms with Crippen LogP contribution in [0.3, 0.4) is 0 Å². The Balaban J connectivity index is 2.24. The Bertz CT molecular complexity index is 456. The lowest BCUT2D eigenvalue weighted by molar-refractivity contribution is 0.227. The molecule has 0 saturated carbocycles. The van der Waals surface area contributed by atoms with Gasteiger partial charge in [0.25, 0.3) is 0 Å². The maximum Gasteiger partial charge on any atom is 0.124 e. The van der Waals surface area contributed by atoms with Crippen molar-refractivity contribution < 1.29 is 4.74 Å². The van der Waals surface area contributed by atoms with Crippen molar-refractivity contribution in [2.75, 3.05) is 32.8 Å². The van der Waals surface area contributed by atoms with Crippen molar-refractivity contribution in [2.24, 2.45) is 0 Å². The molecule has 0 unspecified atom stereocenters. The van der Waals surface area contributed by atoms with E-state index in [9.17, 15) is 0 Å². The summed E-state index contributed by atoms with van der Waals surface area (Å²) in [5.74, 6) is 1.00. The van der Waals surface area contributed by atoms with Gasteiger partial charge in [0.05, 0.1) is 6.61 Å². The molecule has 0 aliphatic carbocycles. The highest BCUT2D eigenvalue weighted by molar-refractivity contribution is 6.32. The summed E-state index contributed by atoms with van der Waals surface area (Å²) >= 11 is 6.42. The summed E-state index contributed by atoms with van der Waals surface area (Å²) in [6, 6.07) is 2.09. The first-order valence-electron chi connectivity index (χ1n) is 7.48. The van der Waals surface area contributed by atoms with Crippen LogP contribution in [0, 0.1) is 13.8 Å². The van der Waals surface area contributed by atoms with E-state index in [1.54, 1.807) is 0 Å². The van der Waals surface area contributed by atoms with Crippen molar-refractivity contribution in [2.45, 2.75) is 33.7 Å². The number of hydrogen-bond acceptors (Lipinski definition) is 3. The Morgan fingerprint density at radius 2 is 2.00 bits per heavy atom. The molecule has 0 bridgehead atoms. The van der Waals surface area contributed by atoms with E-state index < -0.39 is 0 Å². The number of ether oxygens (including phenoxy) is 1. The predicted octanol–water partition coefficient (Wildman–Crippen LogP) is 3.15. The van der Waals surface area contributed by atoms with Gasteiger partial charge in [-0.2, -0.15) is 0 Å². The van der Waals surface area contributed by atoms with Crippen LogP contribution in [-0.2, 0) is 6.54 Å². The van der Waals surface area contributed by atoms with E-state index >= 15 is 0 Å². The summed E-state index contributed by atoms with van der Waals surface area (Å²) in [6.07, 6.45) is 1.02. The zero-order valence-electron chi connectivity index (χ0n) is 12.8. The van der Waals surface area contributed by atoms with E-state index in [4.69, 9.17) is 16.3 Å². The number of piperazine rings is 1. The van der Waals surface area contributed by atoms with Gasteiger partial charge < -0.3 is 10.1 Å². The Kier molecular flexibility index (Phi) is 5.70. The van der Waals surface area contributed by atoms with Crippen LogP contribution in [0.5, 0.6) is 5.75 Å². The van der Waals surface area contributed by atoms with Crippen LogP contribution in [0.2, 0.25) is 5.02 Å². The van der Waals surface area contributed by atoms with Gasteiger partial charge in [0.1, 0.15) is 5.75 Å². The largest absolute Gasteiger partial charge is 0.493 e. The van der Waals surface area contributed by atoms with E-state index in [2.05, 4.69) is 30.1 Å². The fourth-order valence-electron chi connectivity index (χ4n) is 2.59. The number of nitrogens with one attached hydrogen (secondary N) is 1. The van der Waals surface area contributed by atoms with Gasteiger partial charge in [-0.3, -0.25) is 4.90 Å². The van der Waals surface area contributed by atoms with E-state index in [-0.39, 0.29) is 0 Å². The van der Waals surface area contributed by atoms with Gasteiger partial charge in [0.2, 0.25) is 0 Å². The minimum absolute atomic E-state index is 0.759. The lowest BCUT2D eigenvalue weighted by Crippen LogP contribution is -2.43. The van der Waals surface area contributed by atoms with E-state index in [0.29, 0.717) is 0 Å². The summed E-state index contributed by atoms with van der Waals surface area (Å²) in [4.78, 5) is 2.46. The molecule has 3 nitrogen and oxygen atoms in total. The summed E-state index contributed by atoms with van der Waals surface area (Å²) in [5, 5.41) is 4.26.